The number of carbonyl (C=O) groups is 1. The lowest BCUT2D eigenvalue weighted by Crippen LogP contribution is -2.08. The van der Waals surface area contributed by atoms with Crippen molar-refractivity contribution in [2.75, 3.05) is 25.0 Å². The molecule has 38 heavy (non-hydrogen) atoms. The minimum Gasteiger partial charge on any atom is -0.755 e. The highest BCUT2D eigenvalue weighted by Crippen LogP contribution is 2.38. The zero-order valence-corrected chi connectivity index (χ0v) is 23.1. The van der Waals surface area contributed by atoms with Crippen LogP contribution in [0, 0.1) is 5.92 Å². The molecule has 2 aromatic carbocycles. The van der Waals surface area contributed by atoms with Crippen molar-refractivity contribution in [1.82, 2.24) is 9.55 Å². The molecular formula is C28H30N3O5S2-. The molecule has 0 aliphatic carbocycles. The van der Waals surface area contributed by atoms with Crippen LogP contribution < -0.4 is 9.46 Å². The van der Waals surface area contributed by atoms with Gasteiger partial charge in [0.05, 0.1) is 6.61 Å². The average Bonchev–Trinajstić information content (AvgIpc) is 3.44. The molecule has 10 heteroatoms. The Kier molecular flexibility index (Phi) is 9.46. The first-order chi connectivity index (χ1) is 18.4. The van der Waals surface area contributed by atoms with Gasteiger partial charge in [0.2, 0.25) is 5.88 Å². The van der Waals surface area contributed by atoms with Gasteiger partial charge in [-0.05, 0) is 29.5 Å². The van der Waals surface area contributed by atoms with Crippen molar-refractivity contribution in [1.29, 1.82) is 0 Å². The van der Waals surface area contributed by atoms with Gasteiger partial charge in [0.1, 0.15) is 23.1 Å². The molecule has 2 aromatic heterocycles. The maximum Gasteiger partial charge on any atom is 0.243 e. The number of ether oxygens (including phenoxy) is 2. The number of rotatable bonds is 13. The molecule has 0 bridgehead atoms. The van der Waals surface area contributed by atoms with E-state index in [4.69, 9.17) is 9.47 Å². The molecule has 200 valence electrons. The number of hydrogen-bond acceptors (Lipinski definition) is 7. The summed E-state index contributed by atoms with van der Waals surface area (Å²) in [6, 6.07) is 19.6. The number of carbonyl (C=O) groups excluding carboxylic acids is 1. The summed E-state index contributed by atoms with van der Waals surface area (Å²) in [4.78, 5) is 17.9. The van der Waals surface area contributed by atoms with Crippen LogP contribution in [0.4, 0.5) is 5.00 Å². The predicted octanol–water partition coefficient (Wildman–Crippen LogP) is 5.57. The molecule has 0 fully saturated rings. The molecular weight excluding hydrogens is 522 g/mol. The quantitative estimate of drug-likeness (QED) is 0.132. The lowest BCUT2D eigenvalue weighted by atomic mass is 10.0. The number of hydrogen-bond donors (Lipinski definition) is 1. The first-order valence-corrected chi connectivity index (χ1v) is 14.1. The largest absolute Gasteiger partial charge is 0.755 e. The molecule has 0 spiro atoms. The van der Waals surface area contributed by atoms with Gasteiger partial charge < -0.3 is 23.3 Å². The summed E-state index contributed by atoms with van der Waals surface area (Å²) in [7, 11) is 1.59. The Hall–Kier alpha value is -3.31. The summed E-state index contributed by atoms with van der Waals surface area (Å²) >= 11 is -0.954. The van der Waals surface area contributed by atoms with Crippen LogP contribution in [-0.4, -0.2) is 44.9 Å². The second kappa shape index (κ2) is 13.0. The monoisotopic (exact) mass is 552 g/mol. The lowest BCUT2D eigenvalue weighted by Gasteiger charge is -2.12. The van der Waals surface area contributed by atoms with E-state index < -0.39 is 11.3 Å². The van der Waals surface area contributed by atoms with Gasteiger partial charge in [-0.2, -0.15) is 4.98 Å². The molecule has 0 amide bonds. The van der Waals surface area contributed by atoms with Gasteiger partial charge in [0, 0.05) is 40.9 Å². The van der Waals surface area contributed by atoms with E-state index in [1.807, 2.05) is 65.2 Å². The van der Waals surface area contributed by atoms with E-state index in [0.29, 0.717) is 35.6 Å². The smallest absolute Gasteiger partial charge is 0.243 e. The number of imidazole rings is 1. The highest BCUT2D eigenvalue weighted by atomic mass is 32.2. The number of benzene rings is 2. The van der Waals surface area contributed by atoms with Gasteiger partial charge in [-0.15, -0.1) is 11.3 Å². The highest BCUT2D eigenvalue weighted by molar-refractivity contribution is 7.80. The van der Waals surface area contributed by atoms with E-state index in [1.165, 1.54) is 11.3 Å². The van der Waals surface area contributed by atoms with Crippen LogP contribution >= 0.6 is 11.3 Å². The minimum atomic E-state index is -2.41. The van der Waals surface area contributed by atoms with Crippen LogP contribution in [0.2, 0.25) is 0 Å². The molecule has 0 aliphatic rings. The highest BCUT2D eigenvalue weighted by Gasteiger charge is 2.20. The first kappa shape index (κ1) is 27.7. The van der Waals surface area contributed by atoms with Crippen molar-refractivity contribution in [3.63, 3.8) is 0 Å². The number of anilines is 1. The summed E-state index contributed by atoms with van der Waals surface area (Å²) in [5.41, 5.74) is 3.92. The van der Waals surface area contributed by atoms with Crippen molar-refractivity contribution < 1.29 is 23.0 Å². The van der Waals surface area contributed by atoms with Crippen molar-refractivity contribution in [3.05, 3.63) is 76.8 Å². The second-order valence-corrected chi connectivity index (χ2v) is 10.9. The average molecular weight is 553 g/mol. The Bertz CT molecular complexity index is 1380. The second-order valence-electron chi connectivity index (χ2n) is 9.12. The Balaban J connectivity index is 1.66. The van der Waals surface area contributed by atoms with Gasteiger partial charge in [0.25, 0.3) is 0 Å². The van der Waals surface area contributed by atoms with Crippen LogP contribution in [0.15, 0.2) is 60.7 Å². The molecule has 8 nitrogen and oxygen atoms in total. The predicted molar refractivity (Wildman–Crippen MR) is 150 cm³/mol. The zero-order valence-electron chi connectivity index (χ0n) is 21.5. The van der Waals surface area contributed by atoms with Crippen LogP contribution in [-0.2, 0) is 29.0 Å². The van der Waals surface area contributed by atoms with Crippen molar-refractivity contribution >= 4 is 33.9 Å². The van der Waals surface area contributed by atoms with Gasteiger partial charge in [-0.1, -0.05) is 68.4 Å². The minimum absolute atomic E-state index is 0.268. The lowest BCUT2D eigenvalue weighted by molar-refractivity contribution is 0.110. The van der Waals surface area contributed by atoms with E-state index in [9.17, 15) is 13.6 Å². The van der Waals surface area contributed by atoms with E-state index in [0.717, 1.165) is 39.8 Å². The van der Waals surface area contributed by atoms with Crippen LogP contribution in [0.1, 0.15) is 34.8 Å². The number of nitrogens with zero attached hydrogens (tertiary/aromatic N) is 2. The zero-order chi connectivity index (χ0) is 27.1. The maximum absolute atomic E-state index is 12.1. The number of methoxy groups -OCH3 is 1. The number of aldehydes is 1. The standard InChI is InChI=1S/C28H31N3O5S2/c1-19(2)15-23-16-24(28(37-23)30-38(33)34)21-11-9-20(10-12-21)17-31-25(18-32)27(36-14-13-35-3)29-26(31)22-7-5-4-6-8-22/h4-12,16,18-19,30H,13-15,17H2,1-3H3,(H,33,34)/p-1. The summed E-state index contributed by atoms with van der Waals surface area (Å²) in [6.07, 6.45) is 1.63. The fourth-order valence-electron chi connectivity index (χ4n) is 4.14. The van der Waals surface area contributed by atoms with Crippen molar-refractivity contribution in [2.45, 2.75) is 26.8 Å². The number of thiophene rings is 1. The fourth-order valence-corrected chi connectivity index (χ4v) is 5.91. The maximum atomic E-state index is 12.1. The summed E-state index contributed by atoms with van der Waals surface area (Å²) in [5.74, 6) is 1.36. The molecule has 1 unspecified atom stereocenters. The molecule has 1 atom stereocenters. The molecule has 2 heterocycles. The van der Waals surface area contributed by atoms with Crippen LogP contribution in [0.3, 0.4) is 0 Å². The Labute approximate surface area is 229 Å². The summed E-state index contributed by atoms with van der Waals surface area (Å²) in [5, 5.41) is 0.601. The van der Waals surface area contributed by atoms with Gasteiger partial charge in [0.15, 0.2) is 6.29 Å². The third-order valence-corrected chi connectivity index (χ3v) is 7.39. The normalized spacial score (nSPS) is 12.0. The van der Waals surface area contributed by atoms with Crippen LogP contribution in [0.5, 0.6) is 5.88 Å². The number of nitrogens with one attached hydrogen (secondary N) is 1. The molecule has 0 radical (unpaired) electrons. The van der Waals surface area contributed by atoms with Crippen molar-refractivity contribution in [2.24, 2.45) is 5.92 Å². The topological polar surface area (TPSA) is 106 Å². The third-order valence-electron chi connectivity index (χ3n) is 5.82. The molecule has 1 N–H and O–H groups in total. The van der Waals surface area contributed by atoms with Crippen LogP contribution in [0.25, 0.3) is 22.5 Å². The molecule has 4 aromatic rings. The molecule has 4 rings (SSSR count). The van der Waals surface area contributed by atoms with Gasteiger partial charge in [-0.3, -0.25) is 9.00 Å². The number of aromatic nitrogens is 2. The summed E-state index contributed by atoms with van der Waals surface area (Å²) < 4.78 is 38.0. The van der Waals surface area contributed by atoms with E-state index in [2.05, 4.69) is 23.6 Å². The van der Waals surface area contributed by atoms with Gasteiger partial charge in [-0.25, -0.2) is 0 Å². The van der Waals surface area contributed by atoms with E-state index in [-0.39, 0.29) is 12.5 Å². The van der Waals surface area contributed by atoms with Gasteiger partial charge >= 0.3 is 0 Å². The van der Waals surface area contributed by atoms with Crippen molar-refractivity contribution in [3.8, 4) is 28.4 Å². The summed E-state index contributed by atoms with van der Waals surface area (Å²) in [6.45, 7) is 5.33. The first-order valence-electron chi connectivity index (χ1n) is 12.2. The SMILES string of the molecule is COCCOc1nc(-c2ccccc2)n(Cc2ccc(-c3cc(CC(C)C)sc3NS(=O)[O-])cc2)c1C=O. The third kappa shape index (κ3) is 6.76. The fraction of sp³-hybridized carbons (Fsp3) is 0.286. The van der Waals surface area contributed by atoms with E-state index in [1.54, 1.807) is 7.11 Å². The van der Waals surface area contributed by atoms with E-state index >= 15 is 0 Å². The Morgan fingerprint density at radius 1 is 1.11 bits per heavy atom. The Morgan fingerprint density at radius 2 is 1.84 bits per heavy atom. The Morgan fingerprint density at radius 3 is 2.47 bits per heavy atom. The molecule has 0 aliphatic heterocycles. The molecule has 0 saturated carbocycles. The molecule has 0 saturated heterocycles.